The van der Waals surface area contributed by atoms with Crippen LogP contribution in [0.4, 0.5) is 11.6 Å². The van der Waals surface area contributed by atoms with Crippen LogP contribution in [-0.2, 0) is 16.0 Å². The molecular weight excluding hydrogens is 366 g/mol. The van der Waals surface area contributed by atoms with Gasteiger partial charge in [0, 0.05) is 47.6 Å². The van der Waals surface area contributed by atoms with Crippen LogP contribution in [0, 0.1) is 6.92 Å². The van der Waals surface area contributed by atoms with Crippen LogP contribution >= 0.6 is 0 Å². The van der Waals surface area contributed by atoms with E-state index in [0.717, 1.165) is 53.1 Å². The summed E-state index contributed by atoms with van der Waals surface area (Å²) in [5, 5.41) is 11.5. The highest BCUT2D eigenvalue weighted by atomic mass is 16.5. The summed E-state index contributed by atoms with van der Waals surface area (Å²) in [5.41, 5.74) is 5.43. The van der Waals surface area contributed by atoms with E-state index in [1.165, 1.54) is 5.56 Å². The first kappa shape index (κ1) is 18.1. The summed E-state index contributed by atoms with van der Waals surface area (Å²) in [5.74, 6) is 1.54. The van der Waals surface area contributed by atoms with E-state index in [0.29, 0.717) is 25.5 Å². The third kappa shape index (κ3) is 3.15. The fourth-order valence-corrected chi connectivity index (χ4v) is 4.43. The zero-order chi connectivity index (χ0) is 20.0. The van der Waals surface area contributed by atoms with Crippen LogP contribution in [0.25, 0.3) is 10.9 Å². The summed E-state index contributed by atoms with van der Waals surface area (Å²) >= 11 is 0. The summed E-state index contributed by atoms with van der Waals surface area (Å²) in [6, 6.07) is 8.56. The maximum Gasteiger partial charge on any atom is 0.226 e. The lowest BCUT2D eigenvalue weighted by Gasteiger charge is -2.32. The minimum absolute atomic E-state index is 0.00594. The Labute approximate surface area is 169 Å². The number of aromatic amines is 1. The van der Waals surface area contributed by atoms with Gasteiger partial charge in [-0.25, -0.2) is 4.98 Å². The number of aromatic nitrogens is 3. The molecule has 5 rings (SSSR count). The molecule has 4 heterocycles. The molecule has 2 N–H and O–H groups in total. The number of nitrogens with zero attached hydrogens (tertiary/aromatic N) is 3. The monoisotopic (exact) mass is 391 g/mol. The molecule has 7 heteroatoms. The third-order valence-electron chi connectivity index (χ3n) is 5.90. The molecule has 1 aromatic carbocycles. The lowest BCUT2D eigenvalue weighted by atomic mass is 9.84. The van der Waals surface area contributed by atoms with Gasteiger partial charge in [-0.1, -0.05) is 19.1 Å². The molecule has 2 aliphatic rings. The lowest BCUT2D eigenvalue weighted by Crippen LogP contribution is -2.38. The van der Waals surface area contributed by atoms with E-state index in [-0.39, 0.29) is 11.8 Å². The fraction of sp³-hybridized carbons (Fsp3) is 0.409. The van der Waals surface area contributed by atoms with Gasteiger partial charge in [-0.05, 0) is 31.0 Å². The predicted molar refractivity (Wildman–Crippen MR) is 113 cm³/mol. The average molecular weight is 391 g/mol. The van der Waals surface area contributed by atoms with Crippen LogP contribution < -0.4 is 10.2 Å². The van der Waals surface area contributed by atoms with Crippen molar-refractivity contribution in [2.75, 3.05) is 36.5 Å². The van der Waals surface area contributed by atoms with Gasteiger partial charge in [0.2, 0.25) is 5.91 Å². The zero-order valence-corrected chi connectivity index (χ0v) is 16.8. The molecule has 1 unspecified atom stereocenters. The van der Waals surface area contributed by atoms with Crippen LogP contribution in [0.15, 0.2) is 24.3 Å². The number of anilines is 2. The maximum atomic E-state index is 12.5. The Bertz CT molecular complexity index is 1080. The number of hydrogen-bond donors (Lipinski definition) is 2. The van der Waals surface area contributed by atoms with E-state index in [1.54, 1.807) is 0 Å². The number of pyridine rings is 1. The number of morpholine rings is 1. The molecule has 7 nitrogen and oxygen atoms in total. The van der Waals surface area contributed by atoms with E-state index in [1.807, 2.05) is 0 Å². The normalized spacial score (nSPS) is 19.3. The Balaban J connectivity index is 1.72. The second-order valence-electron chi connectivity index (χ2n) is 7.82. The van der Waals surface area contributed by atoms with Crippen molar-refractivity contribution < 1.29 is 9.53 Å². The number of benzene rings is 1. The molecule has 1 saturated heterocycles. The third-order valence-corrected chi connectivity index (χ3v) is 5.90. The molecule has 0 saturated carbocycles. The first-order valence-electron chi connectivity index (χ1n) is 10.2. The SMILES string of the molecule is CCc1[nH]nc2c1C(c1cc3ccc(C)cc3nc1N1CCOCC1)CC(=O)N2. The molecule has 1 fully saturated rings. The van der Waals surface area contributed by atoms with Gasteiger partial charge in [-0.2, -0.15) is 5.10 Å². The highest BCUT2D eigenvalue weighted by Gasteiger charge is 2.34. The van der Waals surface area contributed by atoms with Crippen LogP contribution in [0.3, 0.4) is 0 Å². The van der Waals surface area contributed by atoms with Crippen molar-refractivity contribution in [3.05, 3.63) is 46.6 Å². The second kappa shape index (κ2) is 7.15. The maximum absolute atomic E-state index is 12.5. The number of nitrogens with one attached hydrogen (secondary N) is 2. The molecule has 2 aliphatic heterocycles. The van der Waals surface area contributed by atoms with Crippen molar-refractivity contribution >= 4 is 28.4 Å². The van der Waals surface area contributed by atoms with Crippen molar-refractivity contribution in [2.24, 2.45) is 0 Å². The molecule has 3 aromatic rings. The molecule has 0 radical (unpaired) electrons. The van der Waals surface area contributed by atoms with Gasteiger partial charge in [-0.15, -0.1) is 0 Å². The molecule has 1 atom stereocenters. The number of carbonyl (C=O) groups excluding carboxylic acids is 1. The number of H-pyrrole nitrogens is 1. The largest absolute Gasteiger partial charge is 0.378 e. The van der Waals surface area contributed by atoms with Gasteiger partial charge in [0.1, 0.15) is 5.82 Å². The molecular formula is C22H25N5O2. The topological polar surface area (TPSA) is 83.1 Å². The van der Waals surface area contributed by atoms with E-state index in [4.69, 9.17) is 9.72 Å². The fourth-order valence-electron chi connectivity index (χ4n) is 4.43. The Hall–Kier alpha value is -2.93. The minimum Gasteiger partial charge on any atom is -0.378 e. The highest BCUT2D eigenvalue weighted by molar-refractivity contribution is 5.95. The number of rotatable bonds is 3. The number of amides is 1. The summed E-state index contributed by atoms with van der Waals surface area (Å²) in [4.78, 5) is 19.9. The molecule has 2 aromatic heterocycles. The Morgan fingerprint density at radius 3 is 2.86 bits per heavy atom. The minimum atomic E-state index is -0.0662. The average Bonchev–Trinajstić information content (AvgIpc) is 3.15. The summed E-state index contributed by atoms with van der Waals surface area (Å²) < 4.78 is 5.56. The summed E-state index contributed by atoms with van der Waals surface area (Å²) in [6.45, 7) is 7.17. The molecule has 0 spiro atoms. The van der Waals surface area contributed by atoms with Gasteiger partial charge in [-0.3, -0.25) is 9.89 Å². The van der Waals surface area contributed by atoms with E-state index < -0.39 is 0 Å². The standard InChI is InChI=1S/C22H25N5O2/c1-3-17-20-15(12-19(28)24-21(20)26-25-17)16-11-14-5-4-13(2)10-18(14)23-22(16)27-6-8-29-9-7-27/h4-5,10-11,15H,3,6-9,12H2,1-2H3,(H2,24,25,26,28). The molecule has 0 aliphatic carbocycles. The van der Waals surface area contributed by atoms with E-state index in [9.17, 15) is 4.79 Å². The van der Waals surface area contributed by atoms with Gasteiger partial charge in [0.25, 0.3) is 0 Å². The van der Waals surface area contributed by atoms with Gasteiger partial charge in [0.05, 0.1) is 18.7 Å². The van der Waals surface area contributed by atoms with Crippen LogP contribution in [0.1, 0.15) is 41.6 Å². The quantitative estimate of drug-likeness (QED) is 0.717. The Kier molecular flexibility index (Phi) is 4.47. The van der Waals surface area contributed by atoms with Crippen molar-refractivity contribution in [3.63, 3.8) is 0 Å². The van der Waals surface area contributed by atoms with Crippen molar-refractivity contribution in [1.29, 1.82) is 0 Å². The first-order chi connectivity index (χ1) is 14.1. The second-order valence-corrected chi connectivity index (χ2v) is 7.82. The van der Waals surface area contributed by atoms with Crippen molar-refractivity contribution in [1.82, 2.24) is 15.2 Å². The molecule has 29 heavy (non-hydrogen) atoms. The Morgan fingerprint density at radius 1 is 1.24 bits per heavy atom. The lowest BCUT2D eigenvalue weighted by molar-refractivity contribution is -0.116. The van der Waals surface area contributed by atoms with Crippen molar-refractivity contribution in [3.8, 4) is 0 Å². The molecule has 0 bridgehead atoms. The van der Waals surface area contributed by atoms with E-state index in [2.05, 4.69) is 58.5 Å². The molecule has 1 amide bonds. The summed E-state index contributed by atoms with van der Waals surface area (Å²) in [7, 11) is 0. The smallest absolute Gasteiger partial charge is 0.226 e. The Morgan fingerprint density at radius 2 is 2.07 bits per heavy atom. The van der Waals surface area contributed by atoms with Crippen LogP contribution in [-0.4, -0.2) is 47.4 Å². The molecule has 150 valence electrons. The highest BCUT2D eigenvalue weighted by Crippen LogP contribution is 2.42. The number of ether oxygens (including phenoxy) is 1. The number of carbonyl (C=O) groups is 1. The zero-order valence-electron chi connectivity index (χ0n) is 16.8. The van der Waals surface area contributed by atoms with Gasteiger partial charge < -0.3 is 15.0 Å². The number of hydrogen-bond acceptors (Lipinski definition) is 5. The first-order valence-corrected chi connectivity index (χ1v) is 10.2. The van der Waals surface area contributed by atoms with Crippen LogP contribution in [0.5, 0.6) is 0 Å². The van der Waals surface area contributed by atoms with Gasteiger partial charge >= 0.3 is 0 Å². The van der Waals surface area contributed by atoms with Crippen LogP contribution in [0.2, 0.25) is 0 Å². The predicted octanol–water partition coefficient (Wildman–Crippen LogP) is 3.14. The van der Waals surface area contributed by atoms with Gasteiger partial charge in [0.15, 0.2) is 5.82 Å². The van der Waals surface area contributed by atoms with E-state index >= 15 is 0 Å². The summed E-state index contributed by atoms with van der Waals surface area (Å²) in [6.07, 6.45) is 1.23. The van der Waals surface area contributed by atoms with Crippen molar-refractivity contribution in [2.45, 2.75) is 32.6 Å². The number of fused-ring (bicyclic) bond motifs is 2. The number of aryl methyl sites for hydroxylation is 2.